The summed E-state index contributed by atoms with van der Waals surface area (Å²) in [4.78, 5) is 27.3. The number of carbonyl (C=O) groups is 1. The van der Waals surface area contributed by atoms with Crippen LogP contribution in [-0.2, 0) is 11.3 Å². The van der Waals surface area contributed by atoms with E-state index in [4.69, 9.17) is 0 Å². The normalized spacial score (nSPS) is 15.9. The second kappa shape index (κ2) is 8.26. The fraction of sp³-hybridized carbons (Fsp3) is 0.261. The Morgan fingerprint density at radius 1 is 1.25 bits per heavy atom. The molecule has 162 valence electrons. The number of aromatic nitrogens is 5. The minimum Gasteiger partial charge on any atom is -0.365 e. The van der Waals surface area contributed by atoms with E-state index in [2.05, 4.69) is 55.2 Å². The molecule has 5 rings (SSSR count). The molecule has 1 aliphatic rings. The van der Waals surface area contributed by atoms with E-state index >= 15 is 0 Å². The summed E-state index contributed by atoms with van der Waals surface area (Å²) in [6.07, 6.45) is 7.51. The monoisotopic (exact) mass is 428 g/mol. The molecule has 32 heavy (non-hydrogen) atoms. The molecule has 4 heterocycles. The van der Waals surface area contributed by atoms with Gasteiger partial charge >= 0.3 is 0 Å². The summed E-state index contributed by atoms with van der Waals surface area (Å²) in [5.41, 5.74) is 2.55. The van der Waals surface area contributed by atoms with Gasteiger partial charge in [-0.1, -0.05) is 6.58 Å². The third-order valence-corrected chi connectivity index (χ3v) is 5.73. The van der Waals surface area contributed by atoms with Gasteiger partial charge in [-0.3, -0.25) is 9.48 Å². The summed E-state index contributed by atoms with van der Waals surface area (Å²) in [6, 6.07) is 7.98. The van der Waals surface area contributed by atoms with E-state index in [9.17, 15) is 4.79 Å². The average molecular weight is 429 g/mol. The highest BCUT2D eigenvalue weighted by Gasteiger charge is 2.25. The molecule has 2 N–H and O–H groups in total. The zero-order chi connectivity index (χ0) is 22.1. The number of hydrogen-bond acceptors (Lipinski definition) is 7. The highest BCUT2D eigenvalue weighted by molar-refractivity contribution is 6.01. The molecular weight excluding hydrogens is 404 g/mol. The van der Waals surface area contributed by atoms with E-state index < -0.39 is 0 Å². The van der Waals surface area contributed by atoms with Crippen molar-refractivity contribution in [1.29, 1.82) is 0 Å². The molecule has 0 radical (unpaired) electrons. The van der Waals surface area contributed by atoms with Gasteiger partial charge in [0.05, 0.1) is 17.2 Å². The van der Waals surface area contributed by atoms with E-state index in [0.29, 0.717) is 5.69 Å². The minimum atomic E-state index is -0.249. The van der Waals surface area contributed by atoms with Crippen LogP contribution in [0.25, 0.3) is 21.8 Å². The molecular formula is C23H24N8O. The van der Waals surface area contributed by atoms with Crippen molar-refractivity contribution in [3.8, 4) is 0 Å². The number of amides is 1. The second-order valence-corrected chi connectivity index (χ2v) is 7.79. The van der Waals surface area contributed by atoms with Gasteiger partial charge in [0.1, 0.15) is 18.0 Å². The molecule has 1 atom stereocenters. The third kappa shape index (κ3) is 3.73. The Morgan fingerprint density at radius 2 is 2.16 bits per heavy atom. The van der Waals surface area contributed by atoms with Crippen molar-refractivity contribution >= 4 is 45.0 Å². The smallest absolute Gasteiger partial charge is 0.247 e. The summed E-state index contributed by atoms with van der Waals surface area (Å²) >= 11 is 0. The summed E-state index contributed by atoms with van der Waals surface area (Å²) < 4.78 is 1.97. The van der Waals surface area contributed by atoms with Crippen molar-refractivity contribution in [1.82, 2.24) is 24.7 Å². The first-order chi connectivity index (χ1) is 15.6. The number of rotatable bonds is 6. The van der Waals surface area contributed by atoms with E-state index in [0.717, 1.165) is 59.5 Å². The van der Waals surface area contributed by atoms with Crippen LogP contribution in [0, 0.1) is 0 Å². The molecule has 9 heteroatoms. The van der Waals surface area contributed by atoms with Crippen LogP contribution in [-0.4, -0.2) is 49.8 Å². The maximum atomic E-state index is 11.6. The van der Waals surface area contributed by atoms with Gasteiger partial charge < -0.3 is 15.5 Å². The zero-order valence-electron chi connectivity index (χ0n) is 17.8. The number of carbonyl (C=O) groups excluding carboxylic acids is 1. The molecule has 1 fully saturated rings. The number of fused-ring (bicyclic) bond motifs is 2. The molecule has 0 bridgehead atoms. The lowest BCUT2D eigenvalue weighted by atomic mass is 10.2. The third-order valence-electron chi connectivity index (χ3n) is 5.73. The van der Waals surface area contributed by atoms with Gasteiger partial charge in [0, 0.05) is 54.4 Å². The number of nitrogens with one attached hydrogen (secondary N) is 2. The van der Waals surface area contributed by atoms with Crippen LogP contribution < -0.4 is 15.5 Å². The summed E-state index contributed by atoms with van der Waals surface area (Å²) in [6.45, 7) is 8.08. The Kier molecular flexibility index (Phi) is 5.14. The quantitative estimate of drug-likeness (QED) is 0.455. The average Bonchev–Trinajstić information content (AvgIpc) is 3.45. The standard InChI is InChI=1S/C23H24N8O/c1-3-22(32)29-16-5-6-18-19(9-16)25-14-26-23(18)30-8-7-17(13-30)28-21-10-20-15(11-24-21)12-27-31(20)4-2/h3,5-6,9-12,14,17H,1,4,7-8,13H2,2H3,(H,24,28)(H,29,32)/t17-/m1/s1. The number of aryl methyl sites for hydroxylation is 1. The van der Waals surface area contributed by atoms with Crippen LogP contribution in [0.1, 0.15) is 13.3 Å². The van der Waals surface area contributed by atoms with Gasteiger partial charge in [0.2, 0.25) is 5.91 Å². The SMILES string of the molecule is C=CC(=O)Nc1ccc2c(N3CC[C@@H](Nc4cc5c(cn4)cnn5CC)C3)ncnc2c1. The number of nitrogens with zero attached hydrogens (tertiary/aromatic N) is 6. The zero-order valence-corrected chi connectivity index (χ0v) is 17.8. The number of hydrogen-bond donors (Lipinski definition) is 2. The summed E-state index contributed by atoms with van der Waals surface area (Å²) in [7, 11) is 0. The van der Waals surface area contributed by atoms with Crippen LogP contribution in [0.3, 0.4) is 0 Å². The van der Waals surface area contributed by atoms with Crippen LogP contribution >= 0.6 is 0 Å². The van der Waals surface area contributed by atoms with Gasteiger partial charge in [-0.15, -0.1) is 0 Å². The highest BCUT2D eigenvalue weighted by Crippen LogP contribution is 2.29. The van der Waals surface area contributed by atoms with Crippen LogP contribution in [0.15, 0.2) is 55.6 Å². The molecule has 0 aliphatic carbocycles. The molecule has 3 aromatic heterocycles. The van der Waals surface area contributed by atoms with Gasteiger partial charge in [-0.2, -0.15) is 5.10 Å². The lowest BCUT2D eigenvalue weighted by Crippen LogP contribution is -2.27. The lowest BCUT2D eigenvalue weighted by molar-refractivity contribution is -0.111. The van der Waals surface area contributed by atoms with E-state index in [1.165, 1.54) is 6.08 Å². The van der Waals surface area contributed by atoms with Crippen molar-refractivity contribution < 1.29 is 4.79 Å². The number of benzene rings is 1. The van der Waals surface area contributed by atoms with Crippen molar-refractivity contribution in [2.45, 2.75) is 25.9 Å². The van der Waals surface area contributed by atoms with Gasteiger partial charge in [-0.05, 0) is 37.6 Å². The molecule has 4 aromatic rings. The second-order valence-electron chi connectivity index (χ2n) is 7.79. The van der Waals surface area contributed by atoms with Gasteiger partial charge in [-0.25, -0.2) is 15.0 Å². The Hall–Kier alpha value is -4.01. The van der Waals surface area contributed by atoms with E-state index in [-0.39, 0.29) is 11.9 Å². The summed E-state index contributed by atoms with van der Waals surface area (Å²) in [5.74, 6) is 1.50. The number of pyridine rings is 1. The van der Waals surface area contributed by atoms with E-state index in [1.54, 1.807) is 6.33 Å². The molecule has 9 nitrogen and oxygen atoms in total. The van der Waals surface area contributed by atoms with Gasteiger partial charge in [0.15, 0.2) is 0 Å². The summed E-state index contributed by atoms with van der Waals surface area (Å²) in [5, 5.41) is 12.7. The van der Waals surface area contributed by atoms with Crippen molar-refractivity contribution in [2.24, 2.45) is 0 Å². The van der Waals surface area contributed by atoms with Crippen LogP contribution in [0.2, 0.25) is 0 Å². The molecule has 1 aliphatic heterocycles. The first kappa shape index (κ1) is 19.9. The lowest BCUT2D eigenvalue weighted by Gasteiger charge is -2.20. The number of anilines is 3. The van der Waals surface area contributed by atoms with Crippen molar-refractivity contribution in [3.63, 3.8) is 0 Å². The van der Waals surface area contributed by atoms with Crippen LogP contribution in [0.5, 0.6) is 0 Å². The van der Waals surface area contributed by atoms with Crippen LogP contribution in [0.4, 0.5) is 17.3 Å². The largest absolute Gasteiger partial charge is 0.365 e. The Morgan fingerprint density at radius 3 is 3.00 bits per heavy atom. The molecule has 0 spiro atoms. The highest BCUT2D eigenvalue weighted by atomic mass is 16.1. The fourth-order valence-electron chi connectivity index (χ4n) is 4.15. The topological polar surface area (TPSA) is 101 Å². The molecule has 0 saturated carbocycles. The first-order valence-corrected chi connectivity index (χ1v) is 10.7. The minimum absolute atomic E-state index is 0.249. The Bertz CT molecular complexity index is 1310. The fourth-order valence-corrected chi connectivity index (χ4v) is 4.15. The van der Waals surface area contributed by atoms with Crippen molar-refractivity contribution in [3.05, 3.63) is 55.6 Å². The van der Waals surface area contributed by atoms with Gasteiger partial charge in [0.25, 0.3) is 0 Å². The Balaban J connectivity index is 1.34. The predicted octanol–water partition coefficient (Wildman–Crippen LogP) is 3.21. The molecule has 1 aromatic carbocycles. The first-order valence-electron chi connectivity index (χ1n) is 10.7. The predicted molar refractivity (Wildman–Crippen MR) is 126 cm³/mol. The maximum absolute atomic E-state index is 11.6. The Labute approximate surface area is 185 Å². The molecule has 1 saturated heterocycles. The molecule has 1 amide bonds. The molecule has 0 unspecified atom stereocenters. The van der Waals surface area contributed by atoms with E-state index in [1.807, 2.05) is 35.3 Å². The maximum Gasteiger partial charge on any atom is 0.247 e. The van der Waals surface area contributed by atoms with Crippen molar-refractivity contribution in [2.75, 3.05) is 28.6 Å².